The fourth-order valence-corrected chi connectivity index (χ4v) is 4.71. The zero-order chi connectivity index (χ0) is 22.6. The third-order valence-electron chi connectivity index (χ3n) is 6.54. The van der Waals surface area contributed by atoms with Crippen LogP contribution in [-0.4, -0.2) is 58.3 Å². The third-order valence-corrected chi connectivity index (χ3v) is 6.54. The average Bonchev–Trinajstić information content (AvgIpc) is 3.43. The molecule has 2 aliphatic heterocycles. The molecule has 5 rings (SSSR count). The van der Waals surface area contributed by atoms with Crippen LogP contribution in [0, 0.1) is 5.92 Å². The number of hydrogen-bond acceptors (Lipinski definition) is 6. The molecule has 0 bridgehead atoms. The Morgan fingerprint density at radius 2 is 1.72 bits per heavy atom. The highest BCUT2D eigenvalue weighted by Crippen LogP contribution is 2.44. The molecule has 3 aliphatic rings. The summed E-state index contributed by atoms with van der Waals surface area (Å²) in [4.78, 5) is 2.43. The first kappa shape index (κ1) is 22.6. The van der Waals surface area contributed by atoms with Gasteiger partial charge < -0.3 is 28.6 Å². The molecule has 0 aromatic heterocycles. The van der Waals surface area contributed by atoms with E-state index in [-0.39, 0.29) is 6.10 Å². The van der Waals surface area contributed by atoms with E-state index >= 15 is 0 Å². The average molecular weight is 440 g/mol. The Kier molecular flexibility index (Phi) is 7.04. The minimum Gasteiger partial charge on any atom is -0.497 e. The van der Waals surface area contributed by atoms with Gasteiger partial charge in [-0.15, -0.1) is 0 Å². The van der Waals surface area contributed by atoms with Gasteiger partial charge >= 0.3 is 0 Å². The minimum atomic E-state index is -0.548. The summed E-state index contributed by atoms with van der Waals surface area (Å²) in [5.41, 5.74) is 1.12. The number of methoxy groups -OCH3 is 3. The van der Waals surface area contributed by atoms with E-state index in [0.717, 1.165) is 35.8 Å². The van der Waals surface area contributed by atoms with Crippen molar-refractivity contribution in [2.24, 2.45) is 5.92 Å². The van der Waals surface area contributed by atoms with Gasteiger partial charge in [-0.25, -0.2) is 0 Å². The van der Waals surface area contributed by atoms with Crippen molar-refractivity contribution in [1.82, 2.24) is 4.90 Å². The van der Waals surface area contributed by atoms with Gasteiger partial charge in [0, 0.05) is 12.5 Å². The SMILES string of the molecule is COc1cccc(C2COC3(C=CC4CCN(C)C4C3)O2)c1.COc1ccccc1OC. The van der Waals surface area contributed by atoms with E-state index in [9.17, 15) is 0 Å². The molecular formula is C26H33NO5. The summed E-state index contributed by atoms with van der Waals surface area (Å²) in [5, 5.41) is 0. The van der Waals surface area contributed by atoms with Crippen molar-refractivity contribution in [2.45, 2.75) is 30.8 Å². The first-order chi connectivity index (χ1) is 15.6. The predicted octanol–water partition coefficient (Wildman–Crippen LogP) is 4.46. The molecule has 0 amide bonds. The van der Waals surface area contributed by atoms with Gasteiger partial charge in [0.25, 0.3) is 0 Å². The zero-order valence-electron chi connectivity index (χ0n) is 19.3. The number of hydrogen-bond donors (Lipinski definition) is 0. The van der Waals surface area contributed by atoms with Gasteiger partial charge in [-0.2, -0.15) is 0 Å². The Hall–Kier alpha value is -2.54. The van der Waals surface area contributed by atoms with E-state index in [2.05, 4.69) is 30.2 Å². The van der Waals surface area contributed by atoms with Crippen LogP contribution in [0.25, 0.3) is 0 Å². The van der Waals surface area contributed by atoms with Crippen molar-refractivity contribution in [3.05, 3.63) is 66.2 Å². The number of likely N-dealkylation sites (tertiary alicyclic amines) is 1. The fraction of sp³-hybridized carbons (Fsp3) is 0.462. The lowest BCUT2D eigenvalue weighted by molar-refractivity contribution is -0.148. The second-order valence-corrected chi connectivity index (χ2v) is 8.42. The summed E-state index contributed by atoms with van der Waals surface area (Å²) in [5.74, 6) is 2.50. The molecule has 2 saturated heterocycles. The summed E-state index contributed by atoms with van der Waals surface area (Å²) in [6.07, 6.45) is 6.58. The highest BCUT2D eigenvalue weighted by Gasteiger charge is 2.47. The van der Waals surface area contributed by atoms with Crippen molar-refractivity contribution >= 4 is 0 Å². The number of para-hydroxylation sites is 2. The molecule has 0 radical (unpaired) electrons. The number of ether oxygens (including phenoxy) is 5. The summed E-state index contributed by atoms with van der Waals surface area (Å²) in [6, 6.07) is 16.1. The highest BCUT2D eigenvalue weighted by molar-refractivity contribution is 5.39. The molecule has 1 aliphatic carbocycles. The zero-order valence-corrected chi connectivity index (χ0v) is 19.3. The van der Waals surface area contributed by atoms with Gasteiger partial charge in [0.1, 0.15) is 11.9 Å². The van der Waals surface area contributed by atoms with E-state index in [0.29, 0.717) is 18.6 Å². The van der Waals surface area contributed by atoms with E-state index in [1.165, 1.54) is 6.42 Å². The molecule has 2 heterocycles. The summed E-state index contributed by atoms with van der Waals surface area (Å²) in [7, 11) is 7.13. The van der Waals surface area contributed by atoms with Gasteiger partial charge in [-0.05, 0) is 61.8 Å². The van der Waals surface area contributed by atoms with Crippen LogP contribution in [-0.2, 0) is 9.47 Å². The molecule has 6 heteroatoms. The van der Waals surface area contributed by atoms with Crippen LogP contribution in [0.3, 0.4) is 0 Å². The Morgan fingerprint density at radius 3 is 2.41 bits per heavy atom. The molecule has 6 nitrogen and oxygen atoms in total. The van der Waals surface area contributed by atoms with Crippen LogP contribution in [0.2, 0.25) is 0 Å². The van der Waals surface area contributed by atoms with Crippen LogP contribution < -0.4 is 14.2 Å². The van der Waals surface area contributed by atoms with Crippen molar-refractivity contribution in [3.8, 4) is 17.2 Å². The second kappa shape index (κ2) is 9.94. The standard InChI is InChI=1S/C18H23NO3.C8H10O2/c1-19-9-7-13-6-8-18(11-16(13)19)21-12-17(22-18)14-4-3-5-15(10-14)20-2;1-9-7-5-3-4-6-8(7)10-2/h3-6,8,10,13,16-17H,7,9,11-12H2,1-2H3;3-6H,1-2H3. The maximum absolute atomic E-state index is 6.34. The number of benzene rings is 2. The topological polar surface area (TPSA) is 49.4 Å². The first-order valence-electron chi connectivity index (χ1n) is 11.1. The van der Waals surface area contributed by atoms with Crippen molar-refractivity contribution < 1.29 is 23.7 Å². The number of nitrogens with zero attached hydrogens (tertiary/aromatic N) is 1. The van der Waals surface area contributed by atoms with E-state index in [4.69, 9.17) is 23.7 Å². The summed E-state index contributed by atoms with van der Waals surface area (Å²) in [6.45, 7) is 1.76. The first-order valence-corrected chi connectivity index (χ1v) is 11.1. The Balaban J connectivity index is 0.000000207. The minimum absolute atomic E-state index is 0.0250. The predicted molar refractivity (Wildman–Crippen MR) is 123 cm³/mol. The summed E-state index contributed by atoms with van der Waals surface area (Å²) < 4.78 is 27.8. The lowest BCUT2D eigenvalue weighted by Crippen LogP contribution is -2.42. The van der Waals surface area contributed by atoms with Crippen LogP contribution in [0.15, 0.2) is 60.7 Å². The monoisotopic (exact) mass is 439 g/mol. The molecule has 32 heavy (non-hydrogen) atoms. The smallest absolute Gasteiger partial charge is 0.190 e. The van der Waals surface area contributed by atoms with Crippen molar-refractivity contribution in [3.63, 3.8) is 0 Å². The highest BCUT2D eigenvalue weighted by atomic mass is 16.7. The Morgan fingerprint density at radius 1 is 0.969 bits per heavy atom. The van der Waals surface area contributed by atoms with Gasteiger partial charge in [-0.3, -0.25) is 0 Å². The molecule has 1 spiro atoms. The maximum Gasteiger partial charge on any atom is 0.190 e. The molecule has 2 aromatic carbocycles. The quantitative estimate of drug-likeness (QED) is 0.656. The molecule has 0 N–H and O–H groups in total. The van der Waals surface area contributed by atoms with Crippen molar-refractivity contribution in [1.29, 1.82) is 0 Å². The molecule has 172 valence electrons. The van der Waals surface area contributed by atoms with E-state index in [1.54, 1.807) is 21.3 Å². The number of rotatable bonds is 4. The third kappa shape index (κ3) is 4.77. The Labute approximate surface area is 190 Å². The van der Waals surface area contributed by atoms with Gasteiger partial charge in [0.05, 0.1) is 27.9 Å². The normalized spacial score (nSPS) is 28.7. The largest absolute Gasteiger partial charge is 0.497 e. The molecule has 0 saturated carbocycles. The lowest BCUT2D eigenvalue weighted by Gasteiger charge is -2.36. The molecule has 2 fully saturated rings. The van der Waals surface area contributed by atoms with Gasteiger partial charge in [0.15, 0.2) is 17.3 Å². The summed E-state index contributed by atoms with van der Waals surface area (Å²) >= 11 is 0. The van der Waals surface area contributed by atoms with Gasteiger partial charge in [-0.1, -0.05) is 30.3 Å². The van der Waals surface area contributed by atoms with Crippen LogP contribution >= 0.6 is 0 Å². The molecule has 4 atom stereocenters. The lowest BCUT2D eigenvalue weighted by atomic mass is 9.87. The molecular weight excluding hydrogens is 406 g/mol. The van der Waals surface area contributed by atoms with Crippen LogP contribution in [0.1, 0.15) is 24.5 Å². The van der Waals surface area contributed by atoms with E-state index in [1.807, 2.05) is 42.5 Å². The van der Waals surface area contributed by atoms with Gasteiger partial charge in [0.2, 0.25) is 0 Å². The van der Waals surface area contributed by atoms with Crippen LogP contribution in [0.5, 0.6) is 17.2 Å². The maximum atomic E-state index is 6.34. The fourth-order valence-electron chi connectivity index (χ4n) is 4.71. The molecule has 2 aromatic rings. The Bertz CT molecular complexity index is 909. The molecule has 4 unspecified atom stereocenters. The van der Waals surface area contributed by atoms with Crippen LogP contribution in [0.4, 0.5) is 0 Å². The second-order valence-electron chi connectivity index (χ2n) is 8.42. The van der Waals surface area contributed by atoms with Crippen molar-refractivity contribution in [2.75, 3.05) is 41.5 Å². The number of fused-ring (bicyclic) bond motifs is 1. The van der Waals surface area contributed by atoms with E-state index < -0.39 is 5.79 Å².